The zero-order valence-electron chi connectivity index (χ0n) is 8.80. The van der Waals surface area contributed by atoms with Crippen molar-refractivity contribution in [3.63, 3.8) is 0 Å². The van der Waals surface area contributed by atoms with Crippen molar-refractivity contribution in [3.05, 3.63) is 39.7 Å². The van der Waals surface area contributed by atoms with Gasteiger partial charge in [-0.05, 0) is 18.2 Å². The van der Waals surface area contributed by atoms with Crippen LogP contribution in [0, 0.1) is 0 Å². The van der Waals surface area contributed by atoms with Crippen LogP contribution in [0.3, 0.4) is 0 Å². The minimum Gasteiger partial charge on any atom is -0.478 e. The third kappa shape index (κ3) is 2.96. The van der Waals surface area contributed by atoms with Gasteiger partial charge in [-0.3, -0.25) is 0 Å². The van der Waals surface area contributed by atoms with Gasteiger partial charge < -0.3 is 9.52 Å². The molecule has 1 heterocycles. The van der Waals surface area contributed by atoms with Gasteiger partial charge in [-0.15, -0.1) is 10.2 Å². The summed E-state index contributed by atoms with van der Waals surface area (Å²) >= 11 is 9.32. The molecule has 0 atom stereocenters. The highest BCUT2D eigenvalue weighted by Crippen LogP contribution is 2.29. The number of benzene rings is 1. The average Bonchev–Trinajstić information content (AvgIpc) is 2.78. The third-order valence-corrected chi connectivity index (χ3v) is 2.79. The second-order valence-corrected chi connectivity index (χ2v) is 4.56. The number of halogens is 2. The molecule has 0 saturated carbocycles. The van der Waals surface area contributed by atoms with E-state index in [4.69, 9.17) is 21.1 Å². The third-order valence-electron chi connectivity index (χ3n) is 1.97. The van der Waals surface area contributed by atoms with Crippen LogP contribution >= 0.6 is 27.5 Å². The first-order valence-electron chi connectivity index (χ1n) is 4.76. The normalized spacial score (nSPS) is 11.0. The van der Waals surface area contributed by atoms with Crippen molar-refractivity contribution in [2.24, 2.45) is 0 Å². The van der Waals surface area contributed by atoms with E-state index in [0.29, 0.717) is 10.6 Å². The number of nitrogens with zero attached hydrogens (tertiary/aromatic N) is 2. The van der Waals surface area contributed by atoms with Crippen LogP contribution in [0.15, 0.2) is 33.2 Å². The standard InChI is InChI=1S/C11H6BrClN2O3/c12-6-1-2-8(13)7(5-6)11-15-14-9(18-11)3-4-10(16)17/h1-5H,(H,16,17)/b4-3+. The summed E-state index contributed by atoms with van der Waals surface area (Å²) in [6.45, 7) is 0. The number of hydrogen-bond acceptors (Lipinski definition) is 4. The molecule has 92 valence electrons. The van der Waals surface area contributed by atoms with E-state index in [1.165, 1.54) is 6.08 Å². The Hall–Kier alpha value is -1.66. The van der Waals surface area contributed by atoms with E-state index in [9.17, 15) is 4.79 Å². The molecule has 0 unspecified atom stereocenters. The number of carbonyl (C=O) groups is 1. The van der Waals surface area contributed by atoms with Crippen molar-refractivity contribution >= 4 is 39.6 Å². The Bertz CT molecular complexity index is 625. The second-order valence-electron chi connectivity index (χ2n) is 3.24. The van der Waals surface area contributed by atoms with Crippen molar-refractivity contribution in [2.75, 3.05) is 0 Å². The number of hydrogen-bond donors (Lipinski definition) is 1. The Balaban J connectivity index is 2.35. The molecule has 0 amide bonds. The number of aliphatic carboxylic acids is 1. The summed E-state index contributed by atoms with van der Waals surface area (Å²) < 4.78 is 6.10. The van der Waals surface area contributed by atoms with Crippen molar-refractivity contribution < 1.29 is 14.3 Å². The number of carboxylic acids is 1. The van der Waals surface area contributed by atoms with E-state index in [-0.39, 0.29) is 11.8 Å². The zero-order chi connectivity index (χ0) is 13.1. The van der Waals surface area contributed by atoms with Crippen LogP contribution in [0.1, 0.15) is 5.89 Å². The van der Waals surface area contributed by atoms with E-state index < -0.39 is 5.97 Å². The molecule has 1 aromatic heterocycles. The maximum atomic E-state index is 10.3. The molecular formula is C11H6BrClN2O3. The summed E-state index contributed by atoms with van der Waals surface area (Å²) in [5, 5.41) is 16.4. The summed E-state index contributed by atoms with van der Waals surface area (Å²) in [6.07, 6.45) is 2.13. The van der Waals surface area contributed by atoms with Gasteiger partial charge >= 0.3 is 5.97 Å². The smallest absolute Gasteiger partial charge is 0.328 e. The summed E-state index contributed by atoms with van der Waals surface area (Å²) in [4.78, 5) is 10.3. The summed E-state index contributed by atoms with van der Waals surface area (Å²) in [5.41, 5.74) is 0.577. The maximum absolute atomic E-state index is 10.3. The fourth-order valence-electron chi connectivity index (χ4n) is 1.21. The molecule has 0 aliphatic carbocycles. The lowest BCUT2D eigenvalue weighted by Crippen LogP contribution is -1.85. The lowest BCUT2D eigenvalue weighted by Gasteiger charge is -1.98. The first-order valence-corrected chi connectivity index (χ1v) is 5.93. The molecule has 0 fully saturated rings. The van der Waals surface area contributed by atoms with Crippen LogP contribution in [-0.2, 0) is 4.79 Å². The highest BCUT2D eigenvalue weighted by molar-refractivity contribution is 9.10. The molecule has 2 rings (SSSR count). The predicted molar refractivity (Wildman–Crippen MR) is 69.1 cm³/mol. The minimum atomic E-state index is -1.09. The van der Waals surface area contributed by atoms with Gasteiger partial charge in [-0.25, -0.2) is 4.79 Å². The Kier molecular flexibility index (Phi) is 3.78. The SMILES string of the molecule is O=C(O)/C=C/c1nnc(-c2cc(Br)ccc2Cl)o1. The van der Waals surface area contributed by atoms with Gasteiger partial charge in [0.15, 0.2) is 0 Å². The van der Waals surface area contributed by atoms with Gasteiger partial charge in [-0.1, -0.05) is 27.5 Å². The van der Waals surface area contributed by atoms with Crippen LogP contribution in [0.2, 0.25) is 5.02 Å². The molecule has 18 heavy (non-hydrogen) atoms. The highest BCUT2D eigenvalue weighted by atomic mass is 79.9. The van der Waals surface area contributed by atoms with Crippen LogP contribution in [-0.4, -0.2) is 21.3 Å². The van der Waals surface area contributed by atoms with Gasteiger partial charge in [0.1, 0.15) is 0 Å². The maximum Gasteiger partial charge on any atom is 0.328 e. The number of carboxylic acid groups (broad SMARTS) is 1. The Morgan fingerprint density at radius 1 is 1.44 bits per heavy atom. The average molecular weight is 330 g/mol. The Morgan fingerprint density at radius 2 is 2.22 bits per heavy atom. The fourth-order valence-corrected chi connectivity index (χ4v) is 1.77. The molecule has 0 aliphatic heterocycles. The van der Waals surface area contributed by atoms with E-state index in [0.717, 1.165) is 10.5 Å². The molecule has 0 bridgehead atoms. The molecule has 5 nitrogen and oxygen atoms in total. The van der Waals surface area contributed by atoms with Crippen LogP contribution in [0.4, 0.5) is 0 Å². The van der Waals surface area contributed by atoms with Crippen LogP contribution in [0.25, 0.3) is 17.5 Å². The summed E-state index contributed by atoms with van der Waals surface area (Å²) in [6, 6.07) is 5.21. The minimum absolute atomic E-state index is 0.100. The van der Waals surface area contributed by atoms with Crippen LogP contribution in [0.5, 0.6) is 0 Å². The molecule has 1 aromatic carbocycles. The number of rotatable bonds is 3. The Morgan fingerprint density at radius 3 is 2.94 bits per heavy atom. The quantitative estimate of drug-likeness (QED) is 0.875. The lowest BCUT2D eigenvalue weighted by atomic mass is 10.2. The van der Waals surface area contributed by atoms with Gasteiger partial charge in [-0.2, -0.15) is 0 Å². The molecule has 2 aromatic rings. The largest absolute Gasteiger partial charge is 0.478 e. The number of aromatic nitrogens is 2. The molecule has 0 saturated heterocycles. The Labute approximate surface area is 115 Å². The van der Waals surface area contributed by atoms with Gasteiger partial charge in [0.2, 0.25) is 11.8 Å². The van der Waals surface area contributed by atoms with Gasteiger partial charge in [0.25, 0.3) is 0 Å². The van der Waals surface area contributed by atoms with E-state index in [2.05, 4.69) is 26.1 Å². The van der Waals surface area contributed by atoms with E-state index >= 15 is 0 Å². The topological polar surface area (TPSA) is 76.2 Å². The molecule has 1 N–H and O–H groups in total. The summed E-state index contributed by atoms with van der Waals surface area (Å²) in [5.74, 6) is -0.759. The first-order chi connectivity index (χ1) is 8.56. The molecule has 0 radical (unpaired) electrons. The first kappa shape index (κ1) is 12.8. The van der Waals surface area contributed by atoms with Crippen LogP contribution < -0.4 is 0 Å². The zero-order valence-corrected chi connectivity index (χ0v) is 11.1. The van der Waals surface area contributed by atoms with Gasteiger partial charge in [0, 0.05) is 16.6 Å². The molecular weight excluding hydrogens is 323 g/mol. The van der Waals surface area contributed by atoms with E-state index in [1.54, 1.807) is 18.2 Å². The second kappa shape index (κ2) is 5.32. The van der Waals surface area contributed by atoms with Crippen molar-refractivity contribution in [2.45, 2.75) is 0 Å². The predicted octanol–water partition coefficient (Wildman–Crippen LogP) is 3.25. The monoisotopic (exact) mass is 328 g/mol. The summed E-state index contributed by atoms with van der Waals surface area (Å²) in [7, 11) is 0. The lowest BCUT2D eigenvalue weighted by molar-refractivity contribution is -0.131. The molecule has 0 aliphatic rings. The van der Waals surface area contributed by atoms with Crippen molar-refractivity contribution in [3.8, 4) is 11.5 Å². The highest BCUT2D eigenvalue weighted by Gasteiger charge is 2.11. The van der Waals surface area contributed by atoms with Gasteiger partial charge in [0.05, 0.1) is 10.6 Å². The van der Waals surface area contributed by atoms with Crippen molar-refractivity contribution in [1.29, 1.82) is 0 Å². The fraction of sp³-hybridized carbons (Fsp3) is 0. The van der Waals surface area contributed by atoms with E-state index in [1.807, 2.05) is 0 Å². The molecule has 7 heteroatoms. The molecule has 0 spiro atoms. The van der Waals surface area contributed by atoms with Crippen molar-refractivity contribution in [1.82, 2.24) is 10.2 Å².